The van der Waals surface area contributed by atoms with Gasteiger partial charge in [0.15, 0.2) is 0 Å². The molecule has 0 aliphatic rings. The molecular weight excluding hydrogens is 515 g/mol. The summed E-state index contributed by atoms with van der Waals surface area (Å²) in [6.07, 6.45) is 9.74. The summed E-state index contributed by atoms with van der Waals surface area (Å²) in [7, 11) is 0. The Balaban J connectivity index is 1.25. The molecule has 41 heavy (non-hydrogen) atoms. The summed E-state index contributed by atoms with van der Waals surface area (Å²) in [6.45, 7) is 0. The minimum absolute atomic E-state index is 0.898. The third-order valence-corrected chi connectivity index (χ3v) is 7.75. The molecule has 198 valence electrons. The van der Waals surface area contributed by atoms with Crippen LogP contribution in [-0.4, -0.2) is 0 Å². The van der Waals surface area contributed by atoms with Gasteiger partial charge in [-0.15, -0.1) is 0 Å². The van der Waals surface area contributed by atoms with Crippen LogP contribution in [0.5, 0.6) is 0 Å². The highest BCUT2D eigenvalue weighted by Gasteiger charge is 2.11. The van der Waals surface area contributed by atoms with E-state index in [1.807, 2.05) is 0 Å². The Morgan fingerprint density at radius 1 is 0.488 bits per heavy atom. The number of hydrogen-bond acceptors (Lipinski definition) is 2. The van der Waals surface area contributed by atoms with Crippen LogP contribution in [0.2, 0.25) is 0 Å². The van der Waals surface area contributed by atoms with Crippen LogP contribution in [0.15, 0.2) is 150 Å². The second kappa shape index (κ2) is 13.0. The predicted octanol–water partition coefficient (Wildman–Crippen LogP) is 11.1. The van der Waals surface area contributed by atoms with Gasteiger partial charge in [0.2, 0.25) is 0 Å². The SMILES string of the molecule is C(=C\c1ccc(/C=C/c2ccsc2)c(Cc2ccccc2)c1)/c1ccc(N(c2ccccc2)c2ccccc2)cc1. The second-order valence-corrected chi connectivity index (χ2v) is 10.7. The zero-order chi connectivity index (χ0) is 27.7. The lowest BCUT2D eigenvalue weighted by Crippen LogP contribution is -2.09. The first-order chi connectivity index (χ1) is 20.3. The average Bonchev–Trinajstić information content (AvgIpc) is 3.56. The van der Waals surface area contributed by atoms with E-state index in [2.05, 4.69) is 179 Å². The van der Waals surface area contributed by atoms with Crippen molar-refractivity contribution in [2.24, 2.45) is 0 Å². The molecule has 0 fully saturated rings. The zero-order valence-corrected chi connectivity index (χ0v) is 23.6. The predicted molar refractivity (Wildman–Crippen MR) is 179 cm³/mol. The molecule has 6 rings (SSSR count). The fourth-order valence-electron chi connectivity index (χ4n) is 4.94. The van der Waals surface area contributed by atoms with E-state index >= 15 is 0 Å². The van der Waals surface area contributed by atoms with Crippen molar-refractivity contribution in [1.82, 2.24) is 0 Å². The van der Waals surface area contributed by atoms with Crippen molar-refractivity contribution >= 4 is 52.7 Å². The molecule has 0 atom stereocenters. The molecule has 0 saturated carbocycles. The van der Waals surface area contributed by atoms with E-state index in [0.29, 0.717) is 0 Å². The lowest BCUT2D eigenvalue weighted by molar-refractivity contribution is 1.18. The molecule has 0 saturated heterocycles. The number of thiophene rings is 1. The molecule has 0 spiro atoms. The van der Waals surface area contributed by atoms with Crippen LogP contribution < -0.4 is 4.90 Å². The molecule has 0 N–H and O–H groups in total. The number of rotatable bonds is 9. The Kier molecular flexibility index (Phi) is 8.31. The first-order valence-electron chi connectivity index (χ1n) is 13.9. The third-order valence-electron chi connectivity index (χ3n) is 7.05. The molecule has 1 heterocycles. The van der Waals surface area contributed by atoms with E-state index in [9.17, 15) is 0 Å². The Hall–Kier alpha value is -4.92. The molecule has 0 unspecified atom stereocenters. The van der Waals surface area contributed by atoms with Crippen LogP contribution in [0.25, 0.3) is 24.3 Å². The number of nitrogens with zero attached hydrogens (tertiary/aromatic N) is 1. The Bertz CT molecular complexity index is 1680. The van der Waals surface area contributed by atoms with Crippen molar-refractivity contribution in [2.75, 3.05) is 4.90 Å². The molecule has 2 heteroatoms. The van der Waals surface area contributed by atoms with Gasteiger partial charge in [-0.2, -0.15) is 11.3 Å². The van der Waals surface area contributed by atoms with Crippen molar-refractivity contribution in [3.05, 3.63) is 184 Å². The average molecular weight is 546 g/mol. The second-order valence-electron chi connectivity index (χ2n) is 9.94. The maximum absolute atomic E-state index is 2.32. The summed E-state index contributed by atoms with van der Waals surface area (Å²) in [5.74, 6) is 0. The van der Waals surface area contributed by atoms with Gasteiger partial charge in [0.05, 0.1) is 0 Å². The van der Waals surface area contributed by atoms with E-state index in [-0.39, 0.29) is 0 Å². The Morgan fingerprint density at radius 2 is 1.05 bits per heavy atom. The van der Waals surface area contributed by atoms with Crippen LogP contribution in [-0.2, 0) is 6.42 Å². The lowest BCUT2D eigenvalue weighted by atomic mass is 9.96. The van der Waals surface area contributed by atoms with Gasteiger partial charge in [-0.1, -0.05) is 121 Å². The smallest absolute Gasteiger partial charge is 0.0462 e. The normalized spacial score (nSPS) is 11.3. The van der Waals surface area contributed by atoms with Crippen molar-refractivity contribution in [1.29, 1.82) is 0 Å². The summed E-state index contributed by atoms with van der Waals surface area (Å²) in [6, 6.07) is 49.4. The van der Waals surface area contributed by atoms with Crippen LogP contribution in [0.4, 0.5) is 17.1 Å². The molecule has 6 aromatic rings. The molecule has 0 aliphatic carbocycles. The first kappa shape index (κ1) is 26.3. The summed E-state index contributed by atoms with van der Waals surface area (Å²) in [4.78, 5) is 2.28. The summed E-state index contributed by atoms with van der Waals surface area (Å²) >= 11 is 1.73. The maximum Gasteiger partial charge on any atom is 0.0462 e. The highest BCUT2D eigenvalue weighted by atomic mass is 32.1. The fourth-order valence-corrected chi connectivity index (χ4v) is 5.57. The van der Waals surface area contributed by atoms with Crippen molar-refractivity contribution in [2.45, 2.75) is 6.42 Å². The minimum Gasteiger partial charge on any atom is -0.311 e. The summed E-state index contributed by atoms with van der Waals surface area (Å²) in [5.41, 5.74) is 10.9. The number of hydrogen-bond donors (Lipinski definition) is 0. The van der Waals surface area contributed by atoms with Gasteiger partial charge in [-0.05, 0) is 93.0 Å². The lowest BCUT2D eigenvalue weighted by Gasteiger charge is -2.25. The molecule has 0 amide bonds. The highest BCUT2D eigenvalue weighted by molar-refractivity contribution is 7.08. The largest absolute Gasteiger partial charge is 0.311 e. The van der Waals surface area contributed by atoms with Gasteiger partial charge in [-0.3, -0.25) is 0 Å². The molecule has 0 aliphatic heterocycles. The van der Waals surface area contributed by atoms with Gasteiger partial charge in [0, 0.05) is 17.1 Å². The van der Waals surface area contributed by atoms with Crippen molar-refractivity contribution < 1.29 is 0 Å². The van der Waals surface area contributed by atoms with Gasteiger partial charge in [-0.25, -0.2) is 0 Å². The quantitative estimate of drug-likeness (QED) is 0.163. The molecule has 0 bridgehead atoms. The van der Waals surface area contributed by atoms with E-state index in [0.717, 1.165) is 23.5 Å². The molecule has 0 radical (unpaired) electrons. The van der Waals surface area contributed by atoms with Crippen LogP contribution in [0.1, 0.15) is 33.4 Å². The van der Waals surface area contributed by atoms with Gasteiger partial charge in [0.25, 0.3) is 0 Å². The first-order valence-corrected chi connectivity index (χ1v) is 14.8. The van der Waals surface area contributed by atoms with Crippen LogP contribution in [0, 0.1) is 0 Å². The minimum atomic E-state index is 0.898. The van der Waals surface area contributed by atoms with Crippen LogP contribution >= 0.6 is 11.3 Å². The summed E-state index contributed by atoms with van der Waals surface area (Å²) < 4.78 is 0. The van der Waals surface area contributed by atoms with E-state index in [1.54, 1.807) is 11.3 Å². The van der Waals surface area contributed by atoms with Crippen LogP contribution in [0.3, 0.4) is 0 Å². The van der Waals surface area contributed by atoms with Crippen molar-refractivity contribution in [3.63, 3.8) is 0 Å². The monoisotopic (exact) mass is 545 g/mol. The number of benzene rings is 5. The van der Waals surface area contributed by atoms with E-state index in [4.69, 9.17) is 0 Å². The maximum atomic E-state index is 2.32. The molecular formula is C39H31NS. The topological polar surface area (TPSA) is 3.24 Å². The van der Waals surface area contributed by atoms with E-state index < -0.39 is 0 Å². The van der Waals surface area contributed by atoms with E-state index in [1.165, 1.54) is 33.4 Å². The van der Waals surface area contributed by atoms with Crippen molar-refractivity contribution in [3.8, 4) is 0 Å². The fraction of sp³-hybridized carbons (Fsp3) is 0.0256. The van der Waals surface area contributed by atoms with Gasteiger partial charge < -0.3 is 4.90 Å². The third kappa shape index (κ3) is 6.81. The Labute approximate surface area is 247 Å². The standard InChI is InChI=1S/C39H31NS/c1-4-10-32(11-5-1)28-36-29-33(18-22-35(36)23-19-34-26-27-41-30-34)17-16-31-20-24-39(25-21-31)40(37-12-6-2-7-13-37)38-14-8-3-9-15-38/h1-27,29-30H,28H2/b17-16+,23-19+. The van der Waals surface area contributed by atoms with Gasteiger partial charge >= 0.3 is 0 Å². The number of para-hydroxylation sites is 2. The zero-order valence-electron chi connectivity index (χ0n) is 22.8. The summed E-state index contributed by atoms with van der Waals surface area (Å²) in [5, 5.41) is 4.29. The number of anilines is 3. The van der Waals surface area contributed by atoms with Gasteiger partial charge in [0.1, 0.15) is 0 Å². The molecule has 1 aromatic heterocycles. The molecule has 1 nitrogen and oxygen atoms in total. The Morgan fingerprint density at radius 3 is 1.68 bits per heavy atom. The highest BCUT2D eigenvalue weighted by Crippen LogP contribution is 2.34. The molecule has 5 aromatic carbocycles.